The molecule has 1 atom stereocenters. The van der Waals surface area contributed by atoms with Crippen LogP contribution in [0.2, 0.25) is 0 Å². The van der Waals surface area contributed by atoms with Gasteiger partial charge in [0.25, 0.3) is 0 Å². The smallest absolute Gasteiger partial charge is 0.185 e. The zero-order chi connectivity index (χ0) is 24.4. The fraction of sp³-hybridized carbons (Fsp3) is 0.290. The Balaban J connectivity index is 1.40. The van der Waals surface area contributed by atoms with Crippen molar-refractivity contribution in [2.75, 3.05) is 6.54 Å². The van der Waals surface area contributed by atoms with E-state index in [9.17, 15) is 4.79 Å². The van der Waals surface area contributed by atoms with Crippen LogP contribution in [0.25, 0.3) is 5.69 Å². The van der Waals surface area contributed by atoms with E-state index in [1.807, 2.05) is 25.1 Å². The molecule has 4 nitrogen and oxygen atoms in total. The van der Waals surface area contributed by atoms with Gasteiger partial charge in [0.05, 0.1) is 17.4 Å². The molecular formula is C31H33N3O. The molecule has 0 bridgehead atoms. The maximum Gasteiger partial charge on any atom is 0.185 e. The molecule has 0 aliphatic heterocycles. The van der Waals surface area contributed by atoms with E-state index < -0.39 is 0 Å². The van der Waals surface area contributed by atoms with Gasteiger partial charge in [-0.25, -0.2) is 4.68 Å². The Hall–Kier alpha value is -3.50. The largest absolute Gasteiger partial charge is 0.306 e. The van der Waals surface area contributed by atoms with Gasteiger partial charge >= 0.3 is 0 Å². The van der Waals surface area contributed by atoms with Crippen LogP contribution in [0.1, 0.15) is 62.9 Å². The normalized spacial score (nSPS) is 14.1. The minimum absolute atomic E-state index is 0.0714. The maximum absolute atomic E-state index is 13.4. The summed E-state index contributed by atoms with van der Waals surface area (Å²) in [6.45, 7) is 7.12. The number of aromatic nitrogens is 2. The van der Waals surface area contributed by atoms with E-state index >= 15 is 0 Å². The number of hydrogen-bond acceptors (Lipinski definition) is 3. The highest BCUT2D eigenvalue weighted by Gasteiger charge is 2.24. The van der Waals surface area contributed by atoms with Crippen LogP contribution in [-0.2, 0) is 6.42 Å². The molecule has 1 fully saturated rings. The van der Waals surface area contributed by atoms with E-state index in [-0.39, 0.29) is 11.8 Å². The van der Waals surface area contributed by atoms with E-state index in [0.717, 1.165) is 35.0 Å². The minimum atomic E-state index is 0.0714. The second kappa shape index (κ2) is 10.0. The van der Waals surface area contributed by atoms with Crippen LogP contribution in [0.3, 0.4) is 0 Å². The Morgan fingerprint density at radius 3 is 2.43 bits per heavy atom. The highest BCUT2D eigenvalue weighted by atomic mass is 16.1. The first kappa shape index (κ1) is 23.3. The minimum Gasteiger partial charge on any atom is -0.306 e. The predicted molar refractivity (Wildman–Crippen MR) is 141 cm³/mol. The quantitative estimate of drug-likeness (QED) is 0.296. The molecule has 1 N–H and O–H groups in total. The molecule has 0 saturated heterocycles. The Labute approximate surface area is 208 Å². The third-order valence-corrected chi connectivity index (χ3v) is 6.73. The average Bonchev–Trinajstić information content (AvgIpc) is 3.59. The molecule has 0 radical (unpaired) electrons. The number of nitrogens with one attached hydrogen (secondary N) is 1. The fourth-order valence-corrected chi connectivity index (χ4v) is 4.61. The number of carbonyl (C=O) groups is 1. The van der Waals surface area contributed by atoms with Crippen LogP contribution >= 0.6 is 0 Å². The van der Waals surface area contributed by atoms with Crippen molar-refractivity contribution in [2.45, 2.75) is 46.1 Å². The molecule has 1 unspecified atom stereocenters. The molecule has 1 aliphatic carbocycles. The van der Waals surface area contributed by atoms with Crippen LogP contribution in [0.4, 0.5) is 0 Å². The standard InChI is InChI=1S/C31H33N3O/c1-21-10-14-26(15-11-21)31(32-20-24-12-13-24)27-8-5-7-25(18-27)19-30(35)29-17-23(3)33-34(29)28-9-4-6-22(2)16-28/h4-11,14-18,24,31-32H,12-13,19-20H2,1-3H3. The molecule has 0 spiro atoms. The molecule has 178 valence electrons. The van der Waals surface area contributed by atoms with Crippen LogP contribution in [-0.4, -0.2) is 22.1 Å². The van der Waals surface area contributed by atoms with E-state index in [1.165, 1.54) is 29.5 Å². The van der Waals surface area contributed by atoms with E-state index in [1.54, 1.807) is 4.68 Å². The molecule has 5 rings (SSSR count). The van der Waals surface area contributed by atoms with Crippen molar-refractivity contribution in [3.63, 3.8) is 0 Å². The Kier molecular flexibility index (Phi) is 6.65. The van der Waals surface area contributed by atoms with Crippen molar-refractivity contribution in [3.05, 3.63) is 118 Å². The molecule has 35 heavy (non-hydrogen) atoms. The number of aryl methyl sites for hydroxylation is 3. The number of rotatable bonds is 9. The summed E-state index contributed by atoms with van der Waals surface area (Å²) in [5.74, 6) is 0.861. The van der Waals surface area contributed by atoms with Crippen molar-refractivity contribution in [1.29, 1.82) is 0 Å². The number of nitrogens with zero attached hydrogens (tertiary/aromatic N) is 2. The van der Waals surface area contributed by atoms with Crippen LogP contribution in [0, 0.1) is 26.7 Å². The molecular weight excluding hydrogens is 430 g/mol. The van der Waals surface area contributed by atoms with E-state index in [0.29, 0.717) is 12.1 Å². The summed E-state index contributed by atoms with van der Waals surface area (Å²) >= 11 is 0. The molecule has 1 aliphatic rings. The Morgan fingerprint density at radius 1 is 0.914 bits per heavy atom. The molecule has 1 aromatic heterocycles. The number of ketones is 1. The zero-order valence-electron chi connectivity index (χ0n) is 20.8. The summed E-state index contributed by atoms with van der Waals surface area (Å²) in [5.41, 5.74) is 8.26. The molecule has 4 heteroatoms. The van der Waals surface area contributed by atoms with Gasteiger partial charge in [-0.05, 0) is 86.5 Å². The lowest BCUT2D eigenvalue weighted by Gasteiger charge is -2.21. The summed E-state index contributed by atoms with van der Waals surface area (Å²) in [4.78, 5) is 13.4. The summed E-state index contributed by atoms with van der Waals surface area (Å²) in [6.07, 6.45) is 2.97. The molecule has 1 heterocycles. The van der Waals surface area contributed by atoms with Gasteiger partial charge in [0.15, 0.2) is 5.78 Å². The molecule has 0 amide bonds. The highest BCUT2D eigenvalue weighted by Crippen LogP contribution is 2.30. The van der Waals surface area contributed by atoms with Crippen LogP contribution in [0.15, 0.2) is 78.9 Å². The number of benzene rings is 3. The lowest BCUT2D eigenvalue weighted by molar-refractivity contribution is 0.0985. The van der Waals surface area contributed by atoms with Crippen LogP contribution in [0.5, 0.6) is 0 Å². The predicted octanol–water partition coefficient (Wildman–Crippen LogP) is 6.31. The summed E-state index contributed by atoms with van der Waals surface area (Å²) < 4.78 is 1.78. The molecule has 1 saturated carbocycles. The first-order valence-electron chi connectivity index (χ1n) is 12.5. The second-order valence-electron chi connectivity index (χ2n) is 9.96. The van der Waals surface area contributed by atoms with Crippen LogP contribution < -0.4 is 5.32 Å². The summed E-state index contributed by atoms with van der Waals surface area (Å²) in [6, 6.07) is 27.3. The van der Waals surface area contributed by atoms with Crippen molar-refractivity contribution < 1.29 is 4.79 Å². The number of Topliss-reactive ketones (excluding diaryl/α,β-unsaturated/α-hetero) is 1. The van der Waals surface area contributed by atoms with Gasteiger partial charge in [0, 0.05) is 6.42 Å². The number of hydrogen-bond donors (Lipinski definition) is 1. The van der Waals surface area contributed by atoms with Gasteiger partial charge in [0.2, 0.25) is 0 Å². The first-order chi connectivity index (χ1) is 17.0. The maximum atomic E-state index is 13.4. The van der Waals surface area contributed by atoms with Crippen molar-refractivity contribution in [1.82, 2.24) is 15.1 Å². The van der Waals surface area contributed by atoms with Gasteiger partial charge in [-0.2, -0.15) is 5.10 Å². The lowest BCUT2D eigenvalue weighted by atomic mass is 9.95. The van der Waals surface area contributed by atoms with Crippen molar-refractivity contribution in [2.24, 2.45) is 5.92 Å². The molecule has 3 aromatic carbocycles. The summed E-state index contributed by atoms with van der Waals surface area (Å²) in [5, 5.41) is 8.40. The highest BCUT2D eigenvalue weighted by molar-refractivity contribution is 5.96. The SMILES string of the molecule is Cc1ccc(C(NCC2CC2)c2cccc(CC(=O)c3cc(C)nn3-c3cccc(C)c3)c2)cc1. The Bertz CT molecular complexity index is 1330. The lowest BCUT2D eigenvalue weighted by Crippen LogP contribution is -2.24. The van der Waals surface area contributed by atoms with E-state index in [4.69, 9.17) is 0 Å². The first-order valence-corrected chi connectivity index (χ1v) is 12.5. The second-order valence-corrected chi connectivity index (χ2v) is 9.96. The summed E-state index contributed by atoms with van der Waals surface area (Å²) in [7, 11) is 0. The van der Waals surface area contributed by atoms with Gasteiger partial charge in [-0.15, -0.1) is 0 Å². The van der Waals surface area contributed by atoms with Gasteiger partial charge in [-0.1, -0.05) is 66.2 Å². The monoisotopic (exact) mass is 463 g/mol. The Morgan fingerprint density at radius 2 is 1.69 bits per heavy atom. The van der Waals surface area contributed by atoms with Gasteiger partial charge < -0.3 is 5.32 Å². The van der Waals surface area contributed by atoms with Gasteiger partial charge in [0.1, 0.15) is 5.69 Å². The fourth-order valence-electron chi connectivity index (χ4n) is 4.61. The number of carbonyl (C=O) groups excluding carboxylic acids is 1. The van der Waals surface area contributed by atoms with Crippen molar-refractivity contribution in [3.8, 4) is 5.69 Å². The topological polar surface area (TPSA) is 46.9 Å². The average molecular weight is 464 g/mol. The zero-order valence-corrected chi connectivity index (χ0v) is 20.8. The van der Waals surface area contributed by atoms with E-state index in [2.05, 4.69) is 84.9 Å². The van der Waals surface area contributed by atoms with Gasteiger partial charge in [-0.3, -0.25) is 4.79 Å². The van der Waals surface area contributed by atoms with Crippen molar-refractivity contribution >= 4 is 5.78 Å². The third-order valence-electron chi connectivity index (χ3n) is 6.73. The third kappa shape index (κ3) is 5.60. The molecule has 4 aromatic rings.